The van der Waals surface area contributed by atoms with Crippen LogP contribution in [-0.2, 0) is 0 Å². The van der Waals surface area contributed by atoms with E-state index in [1.165, 1.54) is 5.39 Å². The van der Waals surface area contributed by atoms with Crippen molar-refractivity contribution < 1.29 is 0 Å². The third kappa shape index (κ3) is 1.97. The molecule has 3 rings (SSSR count). The first-order chi connectivity index (χ1) is 8.43. The highest BCUT2D eigenvalue weighted by atomic mass is 14.9. The summed E-state index contributed by atoms with van der Waals surface area (Å²) in [6.07, 6.45) is 3.74. The molecule has 0 amide bonds. The molecule has 82 valence electrons. The van der Waals surface area contributed by atoms with Crippen LogP contribution in [0.3, 0.4) is 0 Å². The van der Waals surface area contributed by atoms with E-state index in [2.05, 4.69) is 22.4 Å². The molecule has 0 saturated carbocycles. The van der Waals surface area contributed by atoms with Crippen molar-refractivity contribution in [1.29, 1.82) is 0 Å². The van der Waals surface area contributed by atoms with E-state index in [4.69, 9.17) is 0 Å². The number of para-hydroxylation sites is 1. The van der Waals surface area contributed by atoms with Gasteiger partial charge in [0.1, 0.15) is 0 Å². The van der Waals surface area contributed by atoms with Crippen LogP contribution in [0.25, 0.3) is 10.8 Å². The van der Waals surface area contributed by atoms with Crippen LogP contribution in [0, 0.1) is 0 Å². The van der Waals surface area contributed by atoms with Crippen LogP contribution in [0.15, 0.2) is 67.0 Å². The highest BCUT2D eigenvalue weighted by Crippen LogP contribution is 2.24. The molecular formula is C15H12N2. The van der Waals surface area contributed by atoms with Gasteiger partial charge in [-0.05, 0) is 12.1 Å². The van der Waals surface area contributed by atoms with Gasteiger partial charge in [0.2, 0.25) is 0 Å². The highest BCUT2D eigenvalue weighted by Gasteiger charge is 2.00. The fraction of sp³-hybridized carbons (Fsp3) is 0. The Morgan fingerprint density at radius 3 is 2.41 bits per heavy atom. The summed E-state index contributed by atoms with van der Waals surface area (Å²) in [6, 6.07) is 18.4. The van der Waals surface area contributed by atoms with Crippen LogP contribution < -0.4 is 5.32 Å². The smallest absolute Gasteiger partial charge is 0.0650 e. The molecule has 17 heavy (non-hydrogen) atoms. The monoisotopic (exact) mass is 220 g/mol. The minimum absolute atomic E-state index is 1.04. The zero-order valence-corrected chi connectivity index (χ0v) is 9.30. The Morgan fingerprint density at radius 1 is 0.765 bits per heavy atom. The second kappa shape index (κ2) is 4.26. The lowest BCUT2D eigenvalue weighted by Gasteiger charge is -2.08. The van der Waals surface area contributed by atoms with Crippen LogP contribution in [0.5, 0.6) is 0 Å². The second-order valence-corrected chi connectivity index (χ2v) is 3.90. The van der Waals surface area contributed by atoms with E-state index in [1.807, 2.05) is 54.9 Å². The van der Waals surface area contributed by atoms with Gasteiger partial charge in [-0.2, -0.15) is 0 Å². The van der Waals surface area contributed by atoms with Crippen LogP contribution in [-0.4, -0.2) is 4.98 Å². The van der Waals surface area contributed by atoms with Crippen LogP contribution in [0.4, 0.5) is 11.4 Å². The first-order valence-corrected chi connectivity index (χ1v) is 5.58. The third-order valence-electron chi connectivity index (χ3n) is 2.72. The predicted molar refractivity (Wildman–Crippen MR) is 71.5 cm³/mol. The summed E-state index contributed by atoms with van der Waals surface area (Å²) in [4.78, 5) is 4.25. The topological polar surface area (TPSA) is 24.9 Å². The molecule has 3 aromatic rings. The lowest BCUT2D eigenvalue weighted by Crippen LogP contribution is -1.91. The van der Waals surface area contributed by atoms with E-state index in [-0.39, 0.29) is 0 Å². The lowest BCUT2D eigenvalue weighted by molar-refractivity contribution is 1.35. The van der Waals surface area contributed by atoms with Crippen molar-refractivity contribution in [2.45, 2.75) is 0 Å². The molecule has 0 unspecified atom stereocenters. The molecule has 0 fully saturated rings. The van der Waals surface area contributed by atoms with Crippen molar-refractivity contribution in [3.63, 3.8) is 0 Å². The van der Waals surface area contributed by atoms with Gasteiger partial charge in [-0.3, -0.25) is 4.98 Å². The van der Waals surface area contributed by atoms with Crippen molar-refractivity contribution >= 4 is 22.1 Å². The summed E-state index contributed by atoms with van der Waals surface area (Å²) in [5.74, 6) is 0. The Morgan fingerprint density at radius 2 is 1.53 bits per heavy atom. The molecule has 1 heterocycles. The number of benzene rings is 2. The largest absolute Gasteiger partial charge is 0.354 e. The van der Waals surface area contributed by atoms with E-state index in [0.717, 1.165) is 16.8 Å². The molecule has 0 atom stereocenters. The fourth-order valence-electron chi connectivity index (χ4n) is 1.89. The van der Waals surface area contributed by atoms with Gasteiger partial charge in [0.15, 0.2) is 0 Å². The van der Waals surface area contributed by atoms with Crippen LogP contribution >= 0.6 is 0 Å². The van der Waals surface area contributed by atoms with E-state index < -0.39 is 0 Å². The molecule has 2 aromatic carbocycles. The normalized spacial score (nSPS) is 10.4. The van der Waals surface area contributed by atoms with Gasteiger partial charge >= 0.3 is 0 Å². The van der Waals surface area contributed by atoms with Crippen molar-refractivity contribution in [3.05, 3.63) is 67.0 Å². The zero-order chi connectivity index (χ0) is 11.5. The maximum absolute atomic E-state index is 4.25. The number of hydrogen-bond acceptors (Lipinski definition) is 2. The number of anilines is 2. The lowest BCUT2D eigenvalue weighted by atomic mass is 10.1. The van der Waals surface area contributed by atoms with E-state index >= 15 is 0 Å². The molecule has 0 spiro atoms. The standard InChI is InChI=1S/C15H12N2/c1-2-7-13(8-3-1)17-15-11-16-10-12-6-4-5-9-14(12)15/h1-11,17H. The van der Waals surface area contributed by atoms with Crippen molar-refractivity contribution in [2.24, 2.45) is 0 Å². The Labute approximate surface area is 99.9 Å². The van der Waals surface area contributed by atoms with E-state index in [0.29, 0.717) is 0 Å². The molecular weight excluding hydrogens is 208 g/mol. The molecule has 0 aliphatic heterocycles. The van der Waals surface area contributed by atoms with Gasteiger partial charge in [-0.15, -0.1) is 0 Å². The molecule has 2 heteroatoms. The number of rotatable bonds is 2. The van der Waals surface area contributed by atoms with E-state index in [1.54, 1.807) is 0 Å². The molecule has 0 aliphatic carbocycles. The minimum atomic E-state index is 1.04. The van der Waals surface area contributed by atoms with Crippen LogP contribution in [0.1, 0.15) is 0 Å². The minimum Gasteiger partial charge on any atom is -0.354 e. The number of aromatic nitrogens is 1. The molecule has 0 aliphatic rings. The van der Waals surface area contributed by atoms with Gasteiger partial charge in [-0.1, -0.05) is 42.5 Å². The van der Waals surface area contributed by atoms with Gasteiger partial charge < -0.3 is 5.32 Å². The number of nitrogens with one attached hydrogen (secondary N) is 1. The molecule has 1 aromatic heterocycles. The molecule has 2 nitrogen and oxygen atoms in total. The Kier molecular flexibility index (Phi) is 2.47. The van der Waals surface area contributed by atoms with Gasteiger partial charge in [0, 0.05) is 22.7 Å². The molecule has 0 saturated heterocycles. The molecule has 1 N–H and O–H groups in total. The highest BCUT2D eigenvalue weighted by molar-refractivity contribution is 5.94. The Bertz CT molecular complexity index is 627. The number of fused-ring (bicyclic) bond motifs is 1. The Balaban J connectivity index is 2.06. The van der Waals surface area contributed by atoms with Crippen molar-refractivity contribution in [2.75, 3.05) is 5.32 Å². The summed E-state index contributed by atoms with van der Waals surface area (Å²) in [7, 11) is 0. The second-order valence-electron chi connectivity index (χ2n) is 3.90. The first-order valence-electron chi connectivity index (χ1n) is 5.58. The fourth-order valence-corrected chi connectivity index (χ4v) is 1.89. The molecule has 0 radical (unpaired) electrons. The van der Waals surface area contributed by atoms with Gasteiger partial charge in [0.25, 0.3) is 0 Å². The number of pyridine rings is 1. The maximum Gasteiger partial charge on any atom is 0.0650 e. The van der Waals surface area contributed by atoms with Crippen molar-refractivity contribution in [1.82, 2.24) is 4.98 Å². The predicted octanol–water partition coefficient (Wildman–Crippen LogP) is 3.98. The summed E-state index contributed by atoms with van der Waals surface area (Å²) >= 11 is 0. The maximum atomic E-state index is 4.25. The number of hydrogen-bond donors (Lipinski definition) is 1. The van der Waals surface area contributed by atoms with Gasteiger partial charge in [0.05, 0.1) is 11.9 Å². The SMILES string of the molecule is c1ccc(Nc2cncc3ccccc23)cc1. The average Bonchev–Trinajstić information content (AvgIpc) is 2.40. The van der Waals surface area contributed by atoms with Crippen molar-refractivity contribution in [3.8, 4) is 0 Å². The quantitative estimate of drug-likeness (QED) is 0.706. The third-order valence-corrected chi connectivity index (χ3v) is 2.72. The van der Waals surface area contributed by atoms with E-state index in [9.17, 15) is 0 Å². The summed E-state index contributed by atoms with van der Waals surface area (Å²) in [6.45, 7) is 0. The number of nitrogens with zero attached hydrogens (tertiary/aromatic N) is 1. The van der Waals surface area contributed by atoms with Gasteiger partial charge in [-0.25, -0.2) is 0 Å². The summed E-state index contributed by atoms with van der Waals surface area (Å²) in [5, 5.41) is 5.72. The summed E-state index contributed by atoms with van der Waals surface area (Å²) in [5.41, 5.74) is 2.11. The zero-order valence-electron chi connectivity index (χ0n) is 9.30. The summed E-state index contributed by atoms with van der Waals surface area (Å²) < 4.78 is 0. The molecule has 0 bridgehead atoms. The average molecular weight is 220 g/mol. The Hall–Kier alpha value is -2.35. The van der Waals surface area contributed by atoms with Crippen LogP contribution in [0.2, 0.25) is 0 Å². The first kappa shape index (κ1) is 9.85.